The minimum absolute atomic E-state index is 0.292. The molecular formula is C24H19FN4O. The Kier molecular flexibility index (Phi) is 5.30. The molecule has 4 rings (SSSR count). The van der Waals surface area contributed by atoms with Crippen molar-refractivity contribution >= 4 is 11.6 Å². The van der Waals surface area contributed by atoms with Crippen LogP contribution in [0, 0.1) is 19.7 Å². The van der Waals surface area contributed by atoms with E-state index in [2.05, 4.69) is 20.3 Å². The fourth-order valence-corrected chi connectivity index (χ4v) is 3.05. The van der Waals surface area contributed by atoms with Crippen molar-refractivity contribution in [2.75, 3.05) is 5.32 Å². The number of aromatic nitrogens is 3. The van der Waals surface area contributed by atoms with Crippen LogP contribution in [-0.2, 0) is 0 Å². The smallest absolute Gasteiger partial charge is 0.259 e. The molecule has 0 spiro atoms. The van der Waals surface area contributed by atoms with Crippen LogP contribution in [-0.4, -0.2) is 20.9 Å². The minimum atomic E-state index is -0.411. The third-order valence-corrected chi connectivity index (χ3v) is 4.81. The van der Waals surface area contributed by atoms with Gasteiger partial charge in [-0.1, -0.05) is 35.9 Å². The van der Waals surface area contributed by atoms with Gasteiger partial charge in [-0.3, -0.25) is 9.78 Å². The first-order valence-electron chi connectivity index (χ1n) is 9.44. The van der Waals surface area contributed by atoms with Gasteiger partial charge < -0.3 is 5.32 Å². The van der Waals surface area contributed by atoms with Crippen LogP contribution < -0.4 is 5.32 Å². The number of carbonyl (C=O) groups is 1. The Morgan fingerprint density at radius 2 is 1.67 bits per heavy atom. The molecule has 4 aromatic rings. The van der Waals surface area contributed by atoms with Crippen molar-refractivity contribution in [2.45, 2.75) is 13.8 Å². The number of carbonyl (C=O) groups excluding carboxylic acids is 1. The van der Waals surface area contributed by atoms with E-state index in [1.807, 2.05) is 31.2 Å². The highest BCUT2D eigenvalue weighted by atomic mass is 19.1. The highest BCUT2D eigenvalue weighted by molar-refractivity contribution is 6.08. The maximum atomic E-state index is 13.9. The molecule has 1 N–H and O–H groups in total. The van der Waals surface area contributed by atoms with Crippen LogP contribution >= 0.6 is 0 Å². The Bertz CT molecular complexity index is 1210. The SMILES string of the molecule is Cc1ccc(-c2ncc(C(=O)Nc3cccc(F)c3C)c(-c3ccncc3)n2)cc1. The molecular weight excluding hydrogens is 379 g/mol. The number of hydrogen-bond acceptors (Lipinski definition) is 4. The zero-order valence-corrected chi connectivity index (χ0v) is 16.6. The minimum Gasteiger partial charge on any atom is -0.322 e. The molecule has 0 atom stereocenters. The van der Waals surface area contributed by atoms with Gasteiger partial charge in [0.2, 0.25) is 0 Å². The van der Waals surface area contributed by atoms with E-state index in [9.17, 15) is 9.18 Å². The number of halogens is 1. The molecule has 0 fully saturated rings. The van der Waals surface area contributed by atoms with E-state index in [0.717, 1.165) is 16.7 Å². The fourth-order valence-electron chi connectivity index (χ4n) is 3.05. The molecule has 30 heavy (non-hydrogen) atoms. The van der Waals surface area contributed by atoms with E-state index in [4.69, 9.17) is 0 Å². The van der Waals surface area contributed by atoms with Crippen molar-refractivity contribution in [1.29, 1.82) is 0 Å². The second kappa shape index (κ2) is 8.21. The predicted molar refractivity (Wildman–Crippen MR) is 115 cm³/mol. The molecule has 6 heteroatoms. The molecule has 148 valence electrons. The van der Waals surface area contributed by atoms with Crippen LogP contribution in [0.5, 0.6) is 0 Å². The lowest BCUT2D eigenvalue weighted by Crippen LogP contribution is -2.16. The summed E-state index contributed by atoms with van der Waals surface area (Å²) in [5.41, 5.74) is 4.27. The number of aryl methyl sites for hydroxylation is 1. The standard InChI is InChI=1S/C24H19FN4O/c1-15-6-8-18(9-7-15)23-27-14-19(22(29-23)17-10-12-26-13-11-17)24(30)28-21-5-3-4-20(25)16(21)2/h3-14H,1-2H3,(H,28,30). The third kappa shape index (κ3) is 3.93. The number of hydrogen-bond donors (Lipinski definition) is 1. The van der Waals surface area contributed by atoms with Gasteiger partial charge in [0.05, 0.1) is 11.3 Å². The number of pyridine rings is 1. The molecule has 0 unspecified atom stereocenters. The zero-order chi connectivity index (χ0) is 21.1. The van der Waals surface area contributed by atoms with Gasteiger partial charge in [0.15, 0.2) is 5.82 Å². The fraction of sp³-hybridized carbons (Fsp3) is 0.0833. The number of anilines is 1. The highest BCUT2D eigenvalue weighted by Gasteiger charge is 2.18. The van der Waals surface area contributed by atoms with E-state index in [0.29, 0.717) is 28.3 Å². The molecule has 1 amide bonds. The van der Waals surface area contributed by atoms with Gasteiger partial charge in [-0.05, 0) is 38.1 Å². The molecule has 0 aliphatic rings. The largest absolute Gasteiger partial charge is 0.322 e. The number of nitrogens with zero attached hydrogens (tertiary/aromatic N) is 3. The monoisotopic (exact) mass is 398 g/mol. The molecule has 0 bridgehead atoms. The number of amides is 1. The molecule has 0 radical (unpaired) electrons. The van der Waals surface area contributed by atoms with Gasteiger partial charge in [0, 0.05) is 41.0 Å². The molecule has 0 saturated carbocycles. The second-order valence-electron chi connectivity index (χ2n) is 6.92. The molecule has 5 nitrogen and oxygen atoms in total. The first-order chi connectivity index (χ1) is 14.5. The van der Waals surface area contributed by atoms with Gasteiger partial charge >= 0.3 is 0 Å². The van der Waals surface area contributed by atoms with Crippen LogP contribution in [0.4, 0.5) is 10.1 Å². The Morgan fingerprint density at radius 1 is 0.933 bits per heavy atom. The molecule has 0 aliphatic heterocycles. The van der Waals surface area contributed by atoms with Crippen molar-refractivity contribution < 1.29 is 9.18 Å². The molecule has 2 aromatic heterocycles. The Hall–Kier alpha value is -3.93. The Morgan fingerprint density at radius 3 is 2.40 bits per heavy atom. The normalized spacial score (nSPS) is 10.6. The molecule has 0 saturated heterocycles. The zero-order valence-electron chi connectivity index (χ0n) is 16.6. The van der Waals surface area contributed by atoms with E-state index >= 15 is 0 Å². The summed E-state index contributed by atoms with van der Waals surface area (Å²) in [5, 5.41) is 2.77. The van der Waals surface area contributed by atoms with Crippen LogP contribution in [0.1, 0.15) is 21.5 Å². The number of rotatable bonds is 4. The van der Waals surface area contributed by atoms with E-state index in [-0.39, 0.29) is 5.82 Å². The number of benzene rings is 2. The first-order valence-corrected chi connectivity index (χ1v) is 9.44. The van der Waals surface area contributed by atoms with E-state index in [1.54, 1.807) is 43.6 Å². The van der Waals surface area contributed by atoms with Gasteiger partial charge in [-0.15, -0.1) is 0 Å². The lowest BCUT2D eigenvalue weighted by atomic mass is 10.1. The van der Waals surface area contributed by atoms with E-state index in [1.165, 1.54) is 12.3 Å². The highest BCUT2D eigenvalue weighted by Crippen LogP contribution is 2.26. The lowest BCUT2D eigenvalue weighted by Gasteiger charge is -2.13. The van der Waals surface area contributed by atoms with Crippen molar-refractivity contribution in [3.63, 3.8) is 0 Å². The topological polar surface area (TPSA) is 67.8 Å². The van der Waals surface area contributed by atoms with Crippen molar-refractivity contribution in [1.82, 2.24) is 15.0 Å². The second-order valence-corrected chi connectivity index (χ2v) is 6.92. The Balaban J connectivity index is 1.77. The summed E-state index contributed by atoms with van der Waals surface area (Å²) < 4.78 is 13.9. The van der Waals surface area contributed by atoms with Gasteiger partial charge in [0.1, 0.15) is 5.82 Å². The number of nitrogens with one attached hydrogen (secondary N) is 1. The van der Waals surface area contributed by atoms with Gasteiger partial charge in [0.25, 0.3) is 5.91 Å². The van der Waals surface area contributed by atoms with Gasteiger partial charge in [-0.25, -0.2) is 14.4 Å². The van der Waals surface area contributed by atoms with E-state index < -0.39 is 5.91 Å². The van der Waals surface area contributed by atoms with Crippen molar-refractivity contribution in [3.8, 4) is 22.6 Å². The summed E-state index contributed by atoms with van der Waals surface area (Å²) in [5.74, 6) is -0.278. The summed E-state index contributed by atoms with van der Waals surface area (Å²) in [6, 6.07) is 16.0. The Labute approximate surface area is 173 Å². The van der Waals surface area contributed by atoms with Crippen molar-refractivity contribution in [3.05, 3.63) is 95.7 Å². The maximum Gasteiger partial charge on any atom is 0.259 e. The summed E-state index contributed by atoms with van der Waals surface area (Å²) in [4.78, 5) is 26.2. The van der Waals surface area contributed by atoms with Crippen LogP contribution in [0.15, 0.2) is 73.2 Å². The molecule has 2 aromatic carbocycles. The quantitative estimate of drug-likeness (QED) is 0.512. The first kappa shape index (κ1) is 19.4. The lowest BCUT2D eigenvalue weighted by molar-refractivity contribution is 0.102. The molecule has 2 heterocycles. The maximum absolute atomic E-state index is 13.9. The average Bonchev–Trinajstić information content (AvgIpc) is 2.77. The van der Waals surface area contributed by atoms with Gasteiger partial charge in [-0.2, -0.15) is 0 Å². The van der Waals surface area contributed by atoms with Crippen LogP contribution in [0.2, 0.25) is 0 Å². The van der Waals surface area contributed by atoms with Crippen molar-refractivity contribution in [2.24, 2.45) is 0 Å². The molecule has 0 aliphatic carbocycles. The van der Waals surface area contributed by atoms with Crippen LogP contribution in [0.3, 0.4) is 0 Å². The van der Waals surface area contributed by atoms with Crippen LogP contribution in [0.25, 0.3) is 22.6 Å². The summed E-state index contributed by atoms with van der Waals surface area (Å²) in [7, 11) is 0. The summed E-state index contributed by atoms with van der Waals surface area (Å²) >= 11 is 0. The predicted octanol–water partition coefficient (Wildman–Crippen LogP) is 5.21. The summed E-state index contributed by atoms with van der Waals surface area (Å²) in [6.07, 6.45) is 4.78. The average molecular weight is 398 g/mol. The summed E-state index contributed by atoms with van der Waals surface area (Å²) in [6.45, 7) is 3.63. The third-order valence-electron chi connectivity index (χ3n) is 4.81.